The first kappa shape index (κ1) is 15.6. The Hall–Kier alpha value is -1.75. The van der Waals surface area contributed by atoms with Crippen LogP contribution >= 0.6 is 11.8 Å². The van der Waals surface area contributed by atoms with Crippen LogP contribution in [0.3, 0.4) is 0 Å². The first-order valence-corrected chi connectivity index (χ1v) is 8.02. The second kappa shape index (κ2) is 7.31. The van der Waals surface area contributed by atoms with E-state index in [-0.39, 0.29) is 5.91 Å². The van der Waals surface area contributed by atoms with E-state index < -0.39 is 0 Å². The van der Waals surface area contributed by atoms with Crippen LogP contribution in [0.15, 0.2) is 41.8 Å². The van der Waals surface area contributed by atoms with Gasteiger partial charge in [-0.25, -0.2) is 4.98 Å². The molecule has 1 aromatic carbocycles. The van der Waals surface area contributed by atoms with Gasteiger partial charge in [-0.05, 0) is 25.0 Å². The van der Waals surface area contributed by atoms with Gasteiger partial charge in [-0.1, -0.05) is 36.0 Å². The fourth-order valence-corrected chi connectivity index (χ4v) is 3.01. The molecule has 0 atom stereocenters. The molecule has 0 fully saturated rings. The number of nitrogens with zero attached hydrogens (tertiary/aromatic N) is 3. The molecule has 0 saturated carbocycles. The van der Waals surface area contributed by atoms with E-state index in [9.17, 15) is 4.79 Å². The number of benzene rings is 1. The summed E-state index contributed by atoms with van der Waals surface area (Å²) < 4.78 is 2.04. The smallest absolute Gasteiger partial charge is 0.233 e. The van der Waals surface area contributed by atoms with Gasteiger partial charge >= 0.3 is 0 Å². The third-order valence-electron chi connectivity index (χ3n) is 3.44. The van der Waals surface area contributed by atoms with Gasteiger partial charge in [0.15, 0.2) is 5.16 Å². The number of rotatable bonds is 6. The Labute approximate surface area is 130 Å². The highest BCUT2D eigenvalue weighted by Gasteiger charge is 2.12. The predicted octanol–water partition coefficient (Wildman–Crippen LogP) is 2.96. The molecule has 0 aliphatic carbocycles. The van der Waals surface area contributed by atoms with Gasteiger partial charge in [0, 0.05) is 32.5 Å². The summed E-state index contributed by atoms with van der Waals surface area (Å²) in [5.74, 6) is 0.535. The summed E-state index contributed by atoms with van der Waals surface area (Å²) in [6, 6.07) is 8.16. The Morgan fingerprint density at radius 3 is 2.86 bits per heavy atom. The van der Waals surface area contributed by atoms with E-state index in [4.69, 9.17) is 0 Å². The summed E-state index contributed by atoms with van der Waals surface area (Å²) in [7, 11) is 1.85. The number of hydrogen-bond acceptors (Lipinski definition) is 3. The molecule has 0 bridgehead atoms. The lowest BCUT2D eigenvalue weighted by molar-refractivity contribution is -0.127. The van der Waals surface area contributed by atoms with E-state index in [1.54, 1.807) is 11.1 Å². The lowest BCUT2D eigenvalue weighted by atomic mass is 10.1. The minimum Gasteiger partial charge on any atom is -0.341 e. The van der Waals surface area contributed by atoms with Crippen LogP contribution in [0.2, 0.25) is 0 Å². The number of imidazole rings is 1. The van der Waals surface area contributed by atoms with E-state index >= 15 is 0 Å². The molecule has 5 heteroatoms. The SMILES string of the molecule is CCn1ccnc1SCC(=O)N(C)Cc1ccccc1C. The van der Waals surface area contributed by atoms with Gasteiger partial charge < -0.3 is 9.47 Å². The van der Waals surface area contributed by atoms with Crippen molar-refractivity contribution in [1.29, 1.82) is 0 Å². The second-order valence-electron chi connectivity index (χ2n) is 4.96. The number of aromatic nitrogens is 2. The van der Waals surface area contributed by atoms with Gasteiger partial charge in [-0.2, -0.15) is 0 Å². The first-order chi connectivity index (χ1) is 10.1. The normalized spacial score (nSPS) is 10.6. The summed E-state index contributed by atoms with van der Waals surface area (Å²) in [4.78, 5) is 18.3. The molecule has 1 aromatic heterocycles. The molecular formula is C16H21N3OS. The molecule has 0 N–H and O–H groups in total. The average molecular weight is 303 g/mol. The third kappa shape index (κ3) is 4.11. The predicted molar refractivity (Wildman–Crippen MR) is 86.3 cm³/mol. The van der Waals surface area contributed by atoms with Crippen LogP contribution in [-0.4, -0.2) is 33.2 Å². The Bertz CT molecular complexity index is 609. The molecular weight excluding hydrogens is 282 g/mol. The van der Waals surface area contributed by atoms with E-state index in [2.05, 4.69) is 31.0 Å². The zero-order valence-electron chi connectivity index (χ0n) is 12.7. The van der Waals surface area contributed by atoms with Crippen molar-refractivity contribution in [1.82, 2.24) is 14.5 Å². The minimum atomic E-state index is 0.119. The van der Waals surface area contributed by atoms with Crippen molar-refractivity contribution in [2.24, 2.45) is 0 Å². The monoisotopic (exact) mass is 303 g/mol. The van der Waals surface area contributed by atoms with Crippen molar-refractivity contribution < 1.29 is 4.79 Å². The van der Waals surface area contributed by atoms with Gasteiger partial charge in [-0.3, -0.25) is 4.79 Å². The van der Waals surface area contributed by atoms with Gasteiger partial charge in [-0.15, -0.1) is 0 Å². The molecule has 2 rings (SSSR count). The summed E-state index contributed by atoms with van der Waals surface area (Å²) in [5, 5.41) is 0.898. The highest BCUT2D eigenvalue weighted by Crippen LogP contribution is 2.17. The Morgan fingerprint density at radius 1 is 1.38 bits per heavy atom. The zero-order chi connectivity index (χ0) is 15.2. The maximum atomic E-state index is 12.2. The van der Waals surface area contributed by atoms with Gasteiger partial charge in [0.1, 0.15) is 0 Å². The van der Waals surface area contributed by atoms with Crippen molar-refractivity contribution in [3.05, 3.63) is 47.8 Å². The van der Waals surface area contributed by atoms with Gasteiger partial charge in [0.25, 0.3) is 0 Å². The molecule has 0 aliphatic heterocycles. The molecule has 1 amide bonds. The molecule has 2 aromatic rings. The largest absolute Gasteiger partial charge is 0.341 e. The molecule has 0 spiro atoms. The fourth-order valence-electron chi connectivity index (χ4n) is 2.04. The lowest BCUT2D eigenvalue weighted by Gasteiger charge is -2.18. The topological polar surface area (TPSA) is 38.1 Å². The molecule has 0 unspecified atom stereocenters. The van der Waals surface area contributed by atoms with Crippen molar-refractivity contribution in [3.63, 3.8) is 0 Å². The summed E-state index contributed by atoms with van der Waals surface area (Å²) in [5.41, 5.74) is 2.40. The van der Waals surface area contributed by atoms with E-state index in [1.807, 2.05) is 29.9 Å². The van der Waals surface area contributed by atoms with Crippen LogP contribution in [0.25, 0.3) is 0 Å². The highest BCUT2D eigenvalue weighted by atomic mass is 32.2. The van der Waals surface area contributed by atoms with E-state index in [0.717, 1.165) is 11.7 Å². The van der Waals surface area contributed by atoms with Crippen molar-refractivity contribution in [3.8, 4) is 0 Å². The second-order valence-corrected chi connectivity index (χ2v) is 5.90. The molecule has 0 radical (unpaired) electrons. The third-order valence-corrected chi connectivity index (χ3v) is 4.43. The average Bonchev–Trinajstić information content (AvgIpc) is 2.94. The Morgan fingerprint density at radius 2 is 2.14 bits per heavy atom. The van der Waals surface area contributed by atoms with Crippen LogP contribution in [0.5, 0.6) is 0 Å². The minimum absolute atomic E-state index is 0.119. The van der Waals surface area contributed by atoms with Crippen molar-refractivity contribution >= 4 is 17.7 Å². The first-order valence-electron chi connectivity index (χ1n) is 7.04. The van der Waals surface area contributed by atoms with Crippen LogP contribution in [0, 0.1) is 6.92 Å². The van der Waals surface area contributed by atoms with E-state index in [0.29, 0.717) is 12.3 Å². The summed E-state index contributed by atoms with van der Waals surface area (Å²) in [6.07, 6.45) is 3.71. The highest BCUT2D eigenvalue weighted by molar-refractivity contribution is 7.99. The fraction of sp³-hybridized carbons (Fsp3) is 0.375. The summed E-state index contributed by atoms with van der Waals surface area (Å²) >= 11 is 1.49. The zero-order valence-corrected chi connectivity index (χ0v) is 13.6. The number of amides is 1. The molecule has 1 heterocycles. The van der Waals surface area contributed by atoms with E-state index in [1.165, 1.54) is 22.9 Å². The Balaban J connectivity index is 1.90. The number of thioether (sulfide) groups is 1. The number of hydrogen-bond donors (Lipinski definition) is 0. The molecule has 0 saturated heterocycles. The maximum Gasteiger partial charge on any atom is 0.233 e. The van der Waals surface area contributed by atoms with Crippen molar-refractivity contribution in [2.75, 3.05) is 12.8 Å². The number of carbonyl (C=O) groups excluding carboxylic acids is 1. The molecule has 4 nitrogen and oxygen atoms in total. The van der Waals surface area contributed by atoms with Crippen LogP contribution in [0.4, 0.5) is 0 Å². The van der Waals surface area contributed by atoms with Gasteiger partial charge in [0.05, 0.1) is 5.75 Å². The van der Waals surface area contributed by atoms with Crippen LogP contribution < -0.4 is 0 Å². The Kier molecular flexibility index (Phi) is 5.44. The maximum absolute atomic E-state index is 12.2. The standard InChI is InChI=1S/C16H21N3OS/c1-4-19-10-9-17-16(19)21-12-15(20)18(3)11-14-8-6-5-7-13(14)2/h5-10H,4,11-12H2,1-3H3. The molecule has 21 heavy (non-hydrogen) atoms. The van der Waals surface area contributed by atoms with Gasteiger partial charge in [0.2, 0.25) is 5.91 Å². The molecule has 112 valence electrons. The quantitative estimate of drug-likeness (QED) is 0.770. The number of carbonyl (C=O) groups is 1. The van der Waals surface area contributed by atoms with Crippen LogP contribution in [-0.2, 0) is 17.9 Å². The summed E-state index contributed by atoms with van der Waals surface area (Å²) in [6.45, 7) is 5.65. The van der Waals surface area contributed by atoms with Crippen LogP contribution in [0.1, 0.15) is 18.1 Å². The number of aryl methyl sites for hydroxylation is 2. The van der Waals surface area contributed by atoms with Crippen molar-refractivity contribution in [2.45, 2.75) is 32.1 Å². The lowest BCUT2D eigenvalue weighted by Crippen LogP contribution is -2.28. The molecule has 0 aliphatic rings.